The average molecular weight is 494 g/mol. The molecule has 3 atom stereocenters. The summed E-state index contributed by atoms with van der Waals surface area (Å²) in [6, 6.07) is 7.29. The summed E-state index contributed by atoms with van der Waals surface area (Å²) in [6.07, 6.45) is 7.60. The number of allylic oxidation sites excluding steroid dienone is 2. The first-order valence-corrected chi connectivity index (χ1v) is 12.4. The van der Waals surface area contributed by atoms with E-state index in [0.29, 0.717) is 25.4 Å². The molecule has 1 aliphatic heterocycles. The second-order valence-electron chi connectivity index (χ2n) is 9.66. The maximum Gasteiger partial charge on any atom is 0.360 e. The Morgan fingerprint density at radius 2 is 2.00 bits per heavy atom. The van der Waals surface area contributed by atoms with Gasteiger partial charge in [-0.15, -0.1) is 5.10 Å². The maximum atomic E-state index is 13.3. The van der Waals surface area contributed by atoms with E-state index in [1.165, 1.54) is 18.3 Å². The van der Waals surface area contributed by atoms with Crippen molar-refractivity contribution in [3.8, 4) is 5.75 Å². The van der Waals surface area contributed by atoms with Crippen LogP contribution >= 0.6 is 0 Å². The molecule has 1 aromatic carbocycles. The molecule has 0 bridgehead atoms. The van der Waals surface area contributed by atoms with Crippen molar-refractivity contribution in [2.75, 3.05) is 27.3 Å². The van der Waals surface area contributed by atoms with Crippen molar-refractivity contribution in [2.24, 2.45) is 5.92 Å². The van der Waals surface area contributed by atoms with Gasteiger partial charge in [-0.25, -0.2) is 9.48 Å². The molecular weight excluding hydrogens is 458 g/mol. The van der Waals surface area contributed by atoms with Gasteiger partial charge in [0.1, 0.15) is 5.75 Å². The van der Waals surface area contributed by atoms with Crippen molar-refractivity contribution >= 4 is 11.9 Å². The molecule has 2 heterocycles. The van der Waals surface area contributed by atoms with Crippen LogP contribution in [0.25, 0.3) is 0 Å². The molecule has 0 unspecified atom stereocenters. The standard InChI is InChI=1S/C27H35N5O4/c1-18(2)21-9-5-20(6-10-21)15-31-16-22(32-17-24(29-30-32)27(34)36-4)13-25(31)26(33)28-14-19-7-11-23(35-3)12-8-19/h5,7-8,11-12,17,21-22,25H,1,6,9-10,13-16H2,2-4H3,(H,28,33)/t21-,22+,25+/m1/s1. The van der Waals surface area contributed by atoms with Gasteiger partial charge in [0.25, 0.3) is 0 Å². The van der Waals surface area contributed by atoms with E-state index < -0.39 is 5.97 Å². The Morgan fingerprint density at radius 3 is 2.64 bits per heavy atom. The van der Waals surface area contributed by atoms with Crippen molar-refractivity contribution in [2.45, 2.75) is 51.2 Å². The van der Waals surface area contributed by atoms with Crippen LogP contribution in [-0.2, 0) is 16.1 Å². The van der Waals surface area contributed by atoms with Crippen molar-refractivity contribution in [3.63, 3.8) is 0 Å². The number of esters is 1. The predicted octanol–water partition coefficient (Wildman–Crippen LogP) is 3.31. The summed E-state index contributed by atoms with van der Waals surface area (Å²) < 4.78 is 11.7. The van der Waals surface area contributed by atoms with Gasteiger partial charge in [-0.3, -0.25) is 9.69 Å². The number of likely N-dealkylation sites (tertiary alicyclic amines) is 1. The summed E-state index contributed by atoms with van der Waals surface area (Å²) in [5, 5.41) is 11.2. The lowest BCUT2D eigenvalue weighted by Gasteiger charge is -2.28. The number of nitrogens with zero attached hydrogens (tertiary/aromatic N) is 4. The number of benzene rings is 1. The fraction of sp³-hybridized carbons (Fsp3) is 0.481. The molecule has 192 valence electrons. The Labute approximate surface area is 212 Å². The van der Waals surface area contributed by atoms with E-state index in [0.717, 1.165) is 37.1 Å². The second kappa shape index (κ2) is 11.5. The fourth-order valence-electron chi connectivity index (χ4n) is 4.96. The molecule has 9 nitrogen and oxygen atoms in total. The van der Waals surface area contributed by atoms with Crippen LogP contribution in [0, 0.1) is 5.92 Å². The maximum absolute atomic E-state index is 13.3. The zero-order chi connectivity index (χ0) is 25.7. The summed E-state index contributed by atoms with van der Waals surface area (Å²) in [5.74, 6) is 0.779. The zero-order valence-electron chi connectivity index (χ0n) is 21.3. The highest BCUT2D eigenvalue weighted by atomic mass is 16.5. The van der Waals surface area contributed by atoms with E-state index in [4.69, 9.17) is 9.47 Å². The minimum Gasteiger partial charge on any atom is -0.497 e. The number of hydrogen-bond donors (Lipinski definition) is 1. The minimum atomic E-state index is -0.524. The summed E-state index contributed by atoms with van der Waals surface area (Å²) in [6.45, 7) is 8.03. The van der Waals surface area contributed by atoms with Crippen LogP contribution in [0.4, 0.5) is 0 Å². The van der Waals surface area contributed by atoms with Gasteiger partial charge < -0.3 is 14.8 Å². The van der Waals surface area contributed by atoms with Gasteiger partial charge in [0.2, 0.25) is 5.91 Å². The molecule has 0 radical (unpaired) electrons. The van der Waals surface area contributed by atoms with Gasteiger partial charge in [0, 0.05) is 19.6 Å². The number of rotatable bonds is 9. The molecule has 2 aromatic rings. The van der Waals surface area contributed by atoms with E-state index in [1.54, 1.807) is 18.0 Å². The van der Waals surface area contributed by atoms with Gasteiger partial charge in [-0.2, -0.15) is 0 Å². The SMILES string of the molecule is C=C(C)[C@@H]1CC=C(CN2C[C@@H](n3cc(C(=O)OC)nn3)C[C@H]2C(=O)NCc2ccc(OC)cc2)CC1. The summed E-state index contributed by atoms with van der Waals surface area (Å²) in [4.78, 5) is 27.4. The Bertz CT molecular complexity index is 1120. The van der Waals surface area contributed by atoms with Crippen LogP contribution in [0.3, 0.4) is 0 Å². The van der Waals surface area contributed by atoms with E-state index in [9.17, 15) is 9.59 Å². The largest absolute Gasteiger partial charge is 0.497 e. The number of carbonyl (C=O) groups is 2. The molecule has 1 amide bonds. The lowest BCUT2D eigenvalue weighted by molar-refractivity contribution is -0.125. The van der Waals surface area contributed by atoms with Gasteiger partial charge in [-0.05, 0) is 56.2 Å². The Hall–Kier alpha value is -3.46. The number of nitrogens with one attached hydrogen (secondary N) is 1. The molecule has 2 aliphatic rings. The molecule has 1 aromatic heterocycles. The third kappa shape index (κ3) is 6.02. The van der Waals surface area contributed by atoms with E-state index in [2.05, 4.69) is 40.1 Å². The Kier molecular flexibility index (Phi) is 8.20. The first-order chi connectivity index (χ1) is 17.4. The molecule has 1 fully saturated rings. The topological polar surface area (TPSA) is 98.6 Å². The molecule has 4 rings (SSSR count). The van der Waals surface area contributed by atoms with Crippen molar-refractivity contribution in [1.82, 2.24) is 25.2 Å². The lowest BCUT2D eigenvalue weighted by Crippen LogP contribution is -2.43. The monoisotopic (exact) mass is 493 g/mol. The van der Waals surface area contributed by atoms with E-state index in [1.807, 2.05) is 24.3 Å². The van der Waals surface area contributed by atoms with Gasteiger partial charge in [0.15, 0.2) is 5.69 Å². The molecule has 9 heteroatoms. The highest BCUT2D eigenvalue weighted by Crippen LogP contribution is 2.32. The molecule has 1 saturated heterocycles. The summed E-state index contributed by atoms with van der Waals surface area (Å²) in [7, 11) is 2.95. The highest BCUT2D eigenvalue weighted by Gasteiger charge is 2.38. The first kappa shape index (κ1) is 25.6. The van der Waals surface area contributed by atoms with Gasteiger partial charge in [0.05, 0.1) is 32.5 Å². The van der Waals surface area contributed by atoms with Crippen molar-refractivity contribution in [3.05, 3.63) is 65.5 Å². The van der Waals surface area contributed by atoms with E-state index >= 15 is 0 Å². The molecule has 1 aliphatic carbocycles. The third-order valence-corrected chi connectivity index (χ3v) is 7.20. The molecular formula is C27H35N5O4. The molecule has 1 N–H and O–H groups in total. The van der Waals surface area contributed by atoms with Crippen LogP contribution < -0.4 is 10.1 Å². The highest BCUT2D eigenvalue weighted by molar-refractivity contribution is 5.86. The normalized spacial score (nSPS) is 22.1. The first-order valence-electron chi connectivity index (χ1n) is 12.4. The number of methoxy groups -OCH3 is 2. The molecule has 0 spiro atoms. The lowest BCUT2D eigenvalue weighted by atomic mass is 9.85. The quantitative estimate of drug-likeness (QED) is 0.423. The zero-order valence-corrected chi connectivity index (χ0v) is 21.3. The Morgan fingerprint density at radius 1 is 1.22 bits per heavy atom. The Balaban J connectivity index is 1.46. The van der Waals surface area contributed by atoms with Gasteiger partial charge >= 0.3 is 5.97 Å². The second-order valence-corrected chi connectivity index (χ2v) is 9.66. The van der Waals surface area contributed by atoms with Crippen LogP contribution in [0.5, 0.6) is 5.75 Å². The molecule has 0 saturated carbocycles. The smallest absolute Gasteiger partial charge is 0.360 e. The minimum absolute atomic E-state index is 0.0159. The van der Waals surface area contributed by atoms with Crippen LogP contribution in [-0.4, -0.2) is 65.1 Å². The van der Waals surface area contributed by atoms with E-state index in [-0.39, 0.29) is 23.7 Å². The number of hydrogen-bond acceptors (Lipinski definition) is 7. The molecule has 36 heavy (non-hydrogen) atoms. The number of carbonyl (C=O) groups excluding carboxylic acids is 2. The summed E-state index contributed by atoms with van der Waals surface area (Å²) >= 11 is 0. The van der Waals surface area contributed by atoms with Crippen LogP contribution in [0.2, 0.25) is 0 Å². The van der Waals surface area contributed by atoms with Crippen LogP contribution in [0.15, 0.2) is 54.3 Å². The summed E-state index contributed by atoms with van der Waals surface area (Å²) in [5.41, 5.74) is 3.76. The number of ether oxygens (including phenoxy) is 2. The fourth-order valence-corrected chi connectivity index (χ4v) is 4.96. The van der Waals surface area contributed by atoms with Crippen LogP contribution in [0.1, 0.15) is 54.7 Å². The van der Waals surface area contributed by atoms with Crippen molar-refractivity contribution < 1.29 is 19.1 Å². The predicted molar refractivity (Wildman–Crippen MR) is 135 cm³/mol. The average Bonchev–Trinajstić information content (AvgIpc) is 3.55. The van der Waals surface area contributed by atoms with Crippen molar-refractivity contribution in [1.29, 1.82) is 0 Å². The van der Waals surface area contributed by atoms with Gasteiger partial charge in [-0.1, -0.05) is 41.1 Å². The number of aromatic nitrogens is 3. The third-order valence-electron chi connectivity index (χ3n) is 7.20. The number of amides is 1.